The topological polar surface area (TPSA) is 58.9 Å². The molecule has 2 aliphatic rings. The number of imidazole rings is 1. The Balaban J connectivity index is 1.58. The normalized spacial score (nSPS) is 22.0. The van der Waals surface area contributed by atoms with Crippen LogP contribution >= 0.6 is 11.6 Å². The molecule has 2 saturated heterocycles. The smallest absolute Gasteiger partial charge is 0.255 e. The minimum atomic E-state index is -0.829. The average Bonchev–Trinajstić information content (AvgIpc) is 3.41. The number of hydrogen-bond donors (Lipinski definition) is 1. The van der Waals surface area contributed by atoms with Crippen molar-refractivity contribution >= 4 is 23.2 Å². The molecular formula is C23H25ClN4O2. The van der Waals surface area contributed by atoms with E-state index in [1.165, 1.54) is 0 Å². The van der Waals surface area contributed by atoms with Gasteiger partial charge in [-0.3, -0.25) is 4.79 Å². The molecular weight excluding hydrogens is 400 g/mol. The van der Waals surface area contributed by atoms with Crippen LogP contribution in [0.1, 0.15) is 18.5 Å². The molecule has 156 valence electrons. The van der Waals surface area contributed by atoms with Crippen molar-refractivity contribution in [3.05, 3.63) is 59.4 Å². The first-order valence-electron chi connectivity index (χ1n) is 10.5. The lowest BCUT2D eigenvalue weighted by atomic mass is 9.90. The van der Waals surface area contributed by atoms with Crippen molar-refractivity contribution in [1.82, 2.24) is 19.6 Å². The van der Waals surface area contributed by atoms with Gasteiger partial charge in [-0.15, -0.1) is 0 Å². The van der Waals surface area contributed by atoms with Crippen molar-refractivity contribution in [2.45, 2.75) is 24.9 Å². The van der Waals surface area contributed by atoms with Gasteiger partial charge in [-0.2, -0.15) is 0 Å². The highest BCUT2D eigenvalue weighted by Gasteiger charge is 2.46. The summed E-state index contributed by atoms with van der Waals surface area (Å²) in [5.41, 5.74) is 2.89. The Morgan fingerprint density at radius 3 is 2.70 bits per heavy atom. The quantitative estimate of drug-likeness (QED) is 0.698. The number of halogens is 1. The predicted octanol–water partition coefficient (Wildman–Crippen LogP) is 3.18. The highest BCUT2D eigenvalue weighted by molar-refractivity contribution is 6.30. The maximum Gasteiger partial charge on any atom is 0.255 e. The molecule has 1 N–H and O–H groups in total. The van der Waals surface area contributed by atoms with Crippen LogP contribution in [0.5, 0.6) is 0 Å². The molecule has 0 radical (unpaired) electrons. The van der Waals surface area contributed by atoms with Gasteiger partial charge in [0.1, 0.15) is 5.65 Å². The van der Waals surface area contributed by atoms with Crippen LogP contribution in [-0.4, -0.2) is 58.6 Å². The molecule has 7 heteroatoms. The monoisotopic (exact) mass is 424 g/mol. The summed E-state index contributed by atoms with van der Waals surface area (Å²) in [6.07, 6.45) is 4.13. The van der Waals surface area contributed by atoms with Crippen LogP contribution < -0.4 is 5.32 Å². The summed E-state index contributed by atoms with van der Waals surface area (Å²) in [5.74, 6) is 0.106. The zero-order valence-corrected chi connectivity index (χ0v) is 17.6. The maximum atomic E-state index is 13.6. The van der Waals surface area contributed by atoms with E-state index >= 15 is 0 Å². The number of rotatable bonds is 4. The van der Waals surface area contributed by atoms with Crippen LogP contribution in [0.15, 0.2) is 48.7 Å². The first-order valence-corrected chi connectivity index (χ1v) is 10.9. The molecule has 0 saturated carbocycles. The lowest BCUT2D eigenvalue weighted by molar-refractivity contribution is -0.153. The molecule has 2 aromatic heterocycles. The van der Waals surface area contributed by atoms with E-state index in [2.05, 4.69) is 9.72 Å². The number of fused-ring (bicyclic) bond motifs is 1. The molecule has 1 atom stereocenters. The molecule has 6 nitrogen and oxygen atoms in total. The molecule has 30 heavy (non-hydrogen) atoms. The van der Waals surface area contributed by atoms with Gasteiger partial charge in [-0.05, 0) is 37.1 Å². The largest absolute Gasteiger partial charge is 0.365 e. The van der Waals surface area contributed by atoms with E-state index in [-0.39, 0.29) is 5.91 Å². The summed E-state index contributed by atoms with van der Waals surface area (Å²) in [4.78, 5) is 20.4. The van der Waals surface area contributed by atoms with Gasteiger partial charge >= 0.3 is 0 Å². The number of benzene rings is 1. The van der Waals surface area contributed by atoms with Crippen LogP contribution in [0.3, 0.4) is 0 Å². The number of nitrogens with one attached hydrogen (secondary N) is 1. The molecule has 4 heterocycles. The van der Waals surface area contributed by atoms with Crippen molar-refractivity contribution in [3.8, 4) is 11.3 Å². The van der Waals surface area contributed by atoms with Crippen LogP contribution in [0.4, 0.5) is 0 Å². The molecule has 1 unspecified atom stereocenters. The Bertz CT molecular complexity index is 1050. The van der Waals surface area contributed by atoms with E-state index in [9.17, 15) is 4.79 Å². The number of ether oxygens (including phenoxy) is 1. The summed E-state index contributed by atoms with van der Waals surface area (Å²) in [5, 5.41) is 4.01. The van der Waals surface area contributed by atoms with E-state index in [1.807, 2.05) is 53.6 Å². The molecule has 5 rings (SSSR count). The second-order valence-electron chi connectivity index (χ2n) is 8.01. The zero-order valence-electron chi connectivity index (χ0n) is 16.8. The Morgan fingerprint density at radius 1 is 1.17 bits per heavy atom. The van der Waals surface area contributed by atoms with E-state index in [4.69, 9.17) is 21.3 Å². The summed E-state index contributed by atoms with van der Waals surface area (Å²) in [7, 11) is 0. The maximum absolute atomic E-state index is 13.6. The number of carbonyl (C=O) groups is 1. The minimum Gasteiger partial charge on any atom is -0.365 e. The van der Waals surface area contributed by atoms with Crippen molar-refractivity contribution in [2.75, 3.05) is 32.8 Å². The summed E-state index contributed by atoms with van der Waals surface area (Å²) >= 11 is 6.10. The number of hydrogen-bond acceptors (Lipinski definition) is 4. The van der Waals surface area contributed by atoms with E-state index in [0.29, 0.717) is 18.1 Å². The predicted molar refractivity (Wildman–Crippen MR) is 117 cm³/mol. The van der Waals surface area contributed by atoms with Crippen LogP contribution in [0.2, 0.25) is 5.02 Å². The third-order valence-corrected chi connectivity index (χ3v) is 6.35. The second kappa shape index (κ2) is 8.02. The van der Waals surface area contributed by atoms with Crippen LogP contribution in [-0.2, 0) is 16.0 Å². The molecule has 3 aromatic rings. The van der Waals surface area contributed by atoms with Gasteiger partial charge in [0.25, 0.3) is 5.91 Å². The zero-order chi connectivity index (χ0) is 20.6. The Hall–Kier alpha value is -2.41. The Labute approximate surface area is 180 Å². The molecule has 1 amide bonds. The van der Waals surface area contributed by atoms with Gasteiger partial charge in [-0.25, -0.2) is 4.98 Å². The van der Waals surface area contributed by atoms with Crippen molar-refractivity contribution in [1.29, 1.82) is 0 Å². The lowest BCUT2D eigenvalue weighted by Gasteiger charge is -2.36. The van der Waals surface area contributed by atoms with Gasteiger partial charge in [0.15, 0.2) is 5.60 Å². The number of carbonyl (C=O) groups excluding carboxylic acids is 1. The molecule has 0 bridgehead atoms. The SMILES string of the molecule is O=C(N1CCNCC1)C1(Cc2c(-c3ccc(Cl)cc3)nc3ccccn23)CCCO1. The first kappa shape index (κ1) is 19.5. The standard InChI is InChI=1S/C23H25ClN4O2/c24-18-7-5-17(6-8-18)21-19(28-12-2-1-4-20(28)26-21)16-23(9-3-15-30-23)22(29)27-13-10-25-11-14-27/h1-2,4-8,12,25H,3,9-11,13-16H2. The Kier molecular flexibility index (Phi) is 5.23. The van der Waals surface area contributed by atoms with Gasteiger partial charge < -0.3 is 19.4 Å². The average molecular weight is 425 g/mol. The molecule has 2 aliphatic heterocycles. The minimum absolute atomic E-state index is 0.106. The van der Waals surface area contributed by atoms with Gasteiger partial charge in [0.05, 0.1) is 11.4 Å². The van der Waals surface area contributed by atoms with Crippen LogP contribution in [0, 0.1) is 0 Å². The van der Waals surface area contributed by atoms with E-state index in [0.717, 1.165) is 61.6 Å². The van der Waals surface area contributed by atoms with Gasteiger partial charge in [-0.1, -0.05) is 29.8 Å². The van der Waals surface area contributed by atoms with Crippen LogP contribution in [0.25, 0.3) is 16.9 Å². The number of aromatic nitrogens is 2. The lowest BCUT2D eigenvalue weighted by Crippen LogP contribution is -2.55. The molecule has 1 aromatic carbocycles. The third kappa shape index (κ3) is 3.49. The number of amides is 1. The van der Waals surface area contributed by atoms with E-state index < -0.39 is 5.60 Å². The molecule has 0 spiro atoms. The van der Waals surface area contributed by atoms with Crippen molar-refractivity contribution in [3.63, 3.8) is 0 Å². The highest BCUT2D eigenvalue weighted by Crippen LogP contribution is 2.36. The van der Waals surface area contributed by atoms with E-state index in [1.54, 1.807) is 0 Å². The third-order valence-electron chi connectivity index (χ3n) is 6.10. The number of nitrogens with zero attached hydrogens (tertiary/aromatic N) is 3. The fourth-order valence-electron chi connectivity index (χ4n) is 4.56. The summed E-state index contributed by atoms with van der Waals surface area (Å²) < 4.78 is 8.30. The second-order valence-corrected chi connectivity index (χ2v) is 8.44. The first-order chi connectivity index (χ1) is 14.7. The fraction of sp³-hybridized carbons (Fsp3) is 0.391. The Morgan fingerprint density at radius 2 is 1.97 bits per heavy atom. The summed E-state index contributed by atoms with van der Waals surface area (Å²) in [6.45, 7) is 3.72. The molecule has 0 aliphatic carbocycles. The fourth-order valence-corrected chi connectivity index (χ4v) is 4.69. The highest BCUT2D eigenvalue weighted by atomic mass is 35.5. The number of piperazine rings is 1. The molecule has 2 fully saturated rings. The number of pyridine rings is 1. The van der Waals surface area contributed by atoms with Gasteiger partial charge in [0.2, 0.25) is 0 Å². The van der Waals surface area contributed by atoms with Gasteiger partial charge in [0, 0.05) is 56.0 Å². The summed E-state index contributed by atoms with van der Waals surface area (Å²) in [6, 6.07) is 13.7. The van der Waals surface area contributed by atoms with Crippen molar-refractivity contribution in [2.24, 2.45) is 0 Å². The van der Waals surface area contributed by atoms with Crippen molar-refractivity contribution < 1.29 is 9.53 Å².